The number of piperidine rings is 1. The first-order valence-corrected chi connectivity index (χ1v) is 10.3. The number of benzene rings is 1. The average Bonchev–Trinajstić information content (AvgIpc) is 3.27. The molecular weight excluding hydrogens is 406 g/mol. The largest absolute Gasteiger partial charge is 0.463 e. The molecule has 1 aromatic carbocycles. The van der Waals surface area contributed by atoms with E-state index in [4.69, 9.17) is 4.42 Å². The number of fused-ring (bicyclic) bond motifs is 1. The third kappa shape index (κ3) is 4.28. The molecule has 0 spiro atoms. The third-order valence-corrected chi connectivity index (χ3v) is 5.70. The lowest BCUT2D eigenvalue weighted by atomic mass is 10.1. The van der Waals surface area contributed by atoms with Gasteiger partial charge in [-0.05, 0) is 43.6 Å². The van der Waals surface area contributed by atoms with Gasteiger partial charge in [0, 0.05) is 36.2 Å². The molecule has 3 heterocycles. The summed E-state index contributed by atoms with van der Waals surface area (Å²) < 4.78 is 8.60. The molecule has 1 saturated heterocycles. The molecule has 2 aromatic heterocycles. The van der Waals surface area contributed by atoms with Gasteiger partial charge < -0.3 is 19.2 Å². The molecule has 0 aliphatic carbocycles. The van der Waals surface area contributed by atoms with Crippen LogP contribution in [-0.4, -0.2) is 41.6 Å². The molecule has 0 bridgehead atoms. The van der Waals surface area contributed by atoms with Crippen molar-refractivity contribution >= 4 is 32.9 Å². The van der Waals surface area contributed by atoms with Crippen LogP contribution in [0.25, 0.3) is 11.1 Å². The third-order valence-electron chi connectivity index (χ3n) is 5.17. The minimum atomic E-state index is -0.0458. The number of aromatic nitrogens is 1. The number of carbonyl (C=O) groups is 1. The summed E-state index contributed by atoms with van der Waals surface area (Å²) in [6, 6.07) is 11.9. The van der Waals surface area contributed by atoms with Gasteiger partial charge in [-0.3, -0.25) is 4.79 Å². The number of carbonyl (C=O) groups excluding carboxylic acids is 1. The number of likely N-dealkylation sites (tertiary alicyclic amines) is 1. The van der Waals surface area contributed by atoms with Crippen LogP contribution in [0.3, 0.4) is 0 Å². The molecule has 6 heteroatoms. The second-order valence-electron chi connectivity index (χ2n) is 7.07. The van der Waals surface area contributed by atoms with Crippen molar-refractivity contribution in [1.82, 2.24) is 14.8 Å². The zero-order chi connectivity index (χ0) is 18.6. The molecular formula is C21H24BrN3O2. The second-order valence-corrected chi connectivity index (χ2v) is 7.99. The maximum Gasteiger partial charge on any atom is 0.268 e. The molecule has 1 amide bonds. The Bertz CT molecular complexity index is 907. The van der Waals surface area contributed by atoms with E-state index in [1.807, 2.05) is 28.8 Å². The fraction of sp³-hybridized carbons (Fsp3) is 0.381. The first-order valence-electron chi connectivity index (χ1n) is 9.52. The Balaban J connectivity index is 1.47. The molecule has 0 saturated carbocycles. The SMILES string of the molecule is O=C(NCCN1CCCCC1)c1cc2occc2n1Cc1ccc(Br)cc1. The molecule has 0 radical (unpaired) electrons. The van der Waals surface area contributed by atoms with E-state index in [1.54, 1.807) is 6.26 Å². The number of hydrogen-bond acceptors (Lipinski definition) is 3. The summed E-state index contributed by atoms with van der Waals surface area (Å²) in [6.45, 7) is 4.50. The van der Waals surface area contributed by atoms with Crippen molar-refractivity contribution in [2.75, 3.05) is 26.2 Å². The summed E-state index contributed by atoms with van der Waals surface area (Å²) in [5, 5.41) is 3.08. The quantitative estimate of drug-likeness (QED) is 0.636. The summed E-state index contributed by atoms with van der Waals surface area (Å²) in [5.41, 5.74) is 3.47. The monoisotopic (exact) mass is 429 g/mol. The molecule has 1 aliphatic rings. The van der Waals surface area contributed by atoms with E-state index in [0.717, 1.165) is 40.8 Å². The molecule has 1 fully saturated rings. The van der Waals surface area contributed by atoms with Gasteiger partial charge in [0.2, 0.25) is 0 Å². The van der Waals surface area contributed by atoms with Crippen LogP contribution in [-0.2, 0) is 6.54 Å². The summed E-state index contributed by atoms with van der Waals surface area (Å²) in [7, 11) is 0. The van der Waals surface area contributed by atoms with Crippen LogP contribution in [0.15, 0.2) is 51.6 Å². The zero-order valence-electron chi connectivity index (χ0n) is 15.3. The van der Waals surface area contributed by atoms with Crippen LogP contribution in [0, 0.1) is 0 Å². The number of halogens is 1. The van der Waals surface area contributed by atoms with Crippen LogP contribution in [0.1, 0.15) is 35.3 Å². The Kier molecular flexibility index (Phi) is 5.64. The topological polar surface area (TPSA) is 50.4 Å². The normalized spacial score (nSPS) is 15.3. The number of nitrogens with one attached hydrogen (secondary N) is 1. The summed E-state index contributed by atoms with van der Waals surface area (Å²) in [5.74, 6) is -0.0458. The zero-order valence-corrected chi connectivity index (χ0v) is 16.9. The predicted molar refractivity (Wildman–Crippen MR) is 110 cm³/mol. The molecule has 0 unspecified atom stereocenters. The predicted octanol–water partition coefficient (Wildman–Crippen LogP) is 4.26. The van der Waals surface area contributed by atoms with Gasteiger partial charge in [0.25, 0.3) is 5.91 Å². The van der Waals surface area contributed by atoms with Gasteiger partial charge in [0.05, 0.1) is 11.8 Å². The van der Waals surface area contributed by atoms with Crippen molar-refractivity contribution in [3.8, 4) is 0 Å². The van der Waals surface area contributed by atoms with Gasteiger partial charge in [-0.15, -0.1) is 0 Å². The number of nitrogens with zero attached hydrogens (tertiary/aromatic N) is 2. The van der Waals surface area contributed by atoms with Gasteiger partial charge >= 0.3 is 0 Å². The van der Waals surface area contributed by atoms with Crippen LogP contribution in [0.2, 0.25) is 0 Å². The van der Waals surface area contributed by atoms with Gasteiger partial charge in [-0.2, -0.15) is 0 Å². The summed E-state index contributed by atoms with van der Waals surface area (Å²) in [4.78, 5) is 15.2. The van der Waals surface area contributed by atoms with E-state index in [2.05, 4.69) is 38.3 Å². The maximum atomic E-state index is 12.8. The highest BCUT2D eigenvalue weighted by atomic mass is 79.9. The lowest BCUT2D eigenvalue weighted by Crippen LogP contribution is -2.38. The van der Waals surface area contributed by atoms with E-state index >= 15 is 0 Å². The second kappa shape index (κ2) is 8.31. The van der Waals surface area contributed by atoms with E-state index in [9.17, 15) is 4.79 Å². The highest BCUT2D eigenvalue weighted by molar-refractivity contribution is 9.10. The standard InChI is InChI=1S/C21H24BrN3O2/c22-17-6-4-16(5-7-17)15-25-18-8-13-27-20(18)14-19(25)21(26)23-9-12-24-10-2-1-3-11-24/h4-8,13-14H,1-3,9-12,15H2,(H,23,26). The minimum absolute atomic E-state index is 0.0458. The summed E-state index contributed by atoms with van der Waals surface area (Å²) in [6.07, 6.45) is 5.52. The summed E-state index contributed by atoms with van der Waals surface area (Å²) >= 11 is 3.47. The van der Waals surface area contributed by atoms with Crippen molar-refractivity contribution < 1.29 is 9.21 Å². The fourth-order valence-electron chi connectivity index (χ4n) is 3.71. The Morgan fingerprint density at radius 2 is 1.89 bits per heavy atom. The maximum absolute atomic E-state index is 12.8. The highest BCUT2D eigenvalue weighted by Crippen LogP contribution is 2.23. The van der Waals surface area contributed by atoms with Crippen molar-refractivity contribution in [2.45, 2.75) is 25.8 Å². The first kappa shape index (κ1) is 18.3. The van der Waals surface area contributed by atoms with Gasteiger partial charge in [0.1, 0.15) is 5.69 Å². The molecule has 1 aliphatic heterocycles. The molecule has 27 heavy (non-hydrogen) atoms. The highest BCUT2D eigenvalue weighted by Gasteiger charge is 2.18. The van der Waals surface area contributed by atoms with Gasteiger partial charge in [-0.25, -0.2) is 0 Å². The van der Waals surface area contributed by atoms with Crippen LogP contribution in [0.5, 0.6) is 0 Å². The van der Waals surface area contributed by atoms with E-state index in [-0.39, 0.29) is 5.91 Å². The fourth-order valence-corrected chi connectivity index (χ4v) is 3.97. The van der Waals surface area contributed by atoms with Crippen molar-refractivity contribution in [1.29, 1.82) is 0 Å². The van der Waals surface area contributed by atoms with Crippen LogP contribution in [0.4, 0.5) is 0 Å². The number of rotatable bonds is 6. The van der Waals surface area contributed by atoms with Crippen LogP contribution >= 0.6 is 15.9 Å². The molecule has 0 atom stereocenters. The van der Waals surface area contributed by atoms with E-state index < -0.39 is 0 Å². The van der Waals surface area contributed by atoms with Gasteiger partial charge in [0.15, 0.2) is 5.58 Å². The van der Waals surface area contributed by atoms with Crippen molar-refractivity contribution in [2.24, 2.45) is 0 Å². The molecule has 1 N–H and O–H groups in total. The molecule has 5 nitrogen and oxygen atoms in total. The average molecular weight is 430 g/mol. The number of furan rings is 1. The Labute approximate surface area is 167 Å². The Hall–Kier alpha value is -2.05. The number of amides is 1. The number of hydrogen-bond donors (Lipinski definition) is 1. The minimum Gasteiger partial charge on any atom is -0.463 e. The van der Waals surface area contributed by atoms with Crippen molar-refractivity contribution in [3.05, 3.63) is 58.4 Å². The molecule has 142 valence electrons. The lowest BCUT2D eigenvalue weighted by molar-refractivity contribution is 0.0938. The first-order chi connectivity index (χ1) is 13.2. The van der Waals surface area contributed by atoms with Crippen molar-refractivity contribution in [3.63, 3.8) is 0 Å². The molecule has 3 aromatic rings. The Morgan fingerprint density at radius 1 is 1.11 bits per heavy atom. The van der Waals surface area contributed by atoms with E-state index in [0.29, 0.717) is 18.8 Å². The van der Waals surface area contributed by atoms with E-state index in [1.165, 1.54) is 19.3 Å². The smallest absolute Gasteiger partial charge is 0.268 e. The van der Waals surface area contributed by atoms with Crippen LogP contribution < -0.4 is 5.32 Å². The van der Waals surface area contributed by atoms with Gasteiger partial charge in [-0.1, -0.05) is 34.5 Å². The lowest BCUT2D eigenvalue weighted by Gasteiger charge is -2.26. The molecule has 4 rings (SSSR count). The Morgan fingerprint density at radius 3 is 2.67 bits per heavy atom.